The highest BCUT2D eigenvalue weighted by Crippen LogP contribution is 2.44. The Morgan fingerprint density at radius 3 is 2.44 bits per heavy atom. The molecule has 16 heavy (non-hydrogen) atoms. The minimum atomic E-state index is -3.08. The molecule has 6 heteroatoms. The van der Waals surface area contributed by atoms with Gasteiger partial charge in [-0.25, -0.2) is 8.42 Å². The second-order valence-electron chi connectivity index (χ2n) is 5.01. The van der Waals surface area contributed by atoms with E-state index in [2.05, 4.69) is 0 Å². The van der Waals surface area contributed by atoms with Crippen molar-refractivity contribution in [3.05, 3.63) is 0 Å². The van der Waals surface area contributed by atoms with Crippen LogP contribution in [0.1, 0.15) is 19.3 Å². The molecule has 1 N–H and O–H groups in total. The Balaban J connectivity index is 1.77. The number of rotatable bonds is 4. The van der Waals surface area contributed by atoms with Crippen molar-refractivity contribution >= 4 is 15.7 Å². The summed E-state index contributed by atoms with van der Waals surface area (Å²) >= 11 is 0. The van der Waals surface area contributed by atoms with Crippen molar-refractivity contribution in [1.82, 2.24) is 4.90 Å². The molecule has 5 nitrogen and oxygen atoms in total. The van der Waals surface area contributed by atoms with Crippen LogP contribution in [0.3, 0.4) is 0 Å². The summed E-state index contributed by atoms with van der Waals surface area (Å²) in [5, 5.41) is 9.99. The molecule has 0 radical (unpaired) electrons. The van der Waals surface area contributed by atoms with Crippen LogP contribution in [-0.4, -0.2) is 55.0 Å². The van der Waals surface area contributed by atoms with Crippen molar-refractivity contribution in [1.29, 1.82) is 0 Å². The molecule has 0 atom stereocenters. The lowest BCUT2D eigenvalue weighted by Crippen LogP contribution is -2.64. The molecule has 0 aromatic heterocycles. The maximum absolute atomic E-state index is 11.6. The number of hydrogen-bond donors (Lipinski definition) is 1. The summed E-state index contributed by atoms with van der Waals surface area (Å²) in [5.74, 6) is 0.0756. The van der Waals surface area contributed by atoms with Gasteiger partial charge in [-0.3, -0.25) is 4.79 Å². The van der Waals surface area contributed by atoms with Gasteiger partial charge in [-0.1, -0.05) is 0 Å². The molecule has 0 spiro atoms. The molecular formula is C10H17NO4S. The molecule has 1 aliphatic heterocycles. The molecule has 0 bridgehead atoms. The first-order valence-corrected chi connectivity index (χ1v) is 7.54. The first-order valence-electron chi connectivity index (χ1n) is 5.48. The zero-order chi connectivity index (χ0) is 12.0. The molecule has 2 rings (SSSR count). The van der Waals surface area contributed by atoms with Crippen molar-refractivity contribution in [3.8, 4) is 0 Å². The Morgan fingerprint density at radius 1 is 1.44 bits per heavy atom. The average Bonchev–Trinajstić information content (AvgIpc) is 2.90. The SMILES string of the molecule is CS(=O)(=O)CCC(=O)N1CC(O)(C2CC2)C1. The Hall–Kier alpha value is -0.620. The van der Waals surface area contributed by atoms with Gasteiger partial charge in [0.25, 0.3) is 0 Å². The molecule has 0 unspecified atom stereocenters. The summed E-state index contributed by atoms with van der Waals surface area (Å²) in [6.07, 6.45) is 3.24. The number of sulfone groups is 1. The molecule has 1 amide bonds. The first kappa shape index (κ1) is 11.9. The number of hydrogen-bond acceptors (Lipinski definition) is 4. The molecule has 0 aromatic carbocycles. The van der Waals surface area contributed by atoms with E-state index in [1.54, 1.807) is 4.90 Å². The molecule has 1 saturated heterocycles. The van der Waals surface area contributed by atoms with E-state index >= 15 is 0 Å². The van der Waals surface area contributed by atoms with Gasteiger partial charge in [0.05, 0.1) is 18.8 Å². The molecule has 1 aliphatic carbocycles. The monoisotopic (exact) mass is 247 g/mol. The lowest BCUT2D eigenvalue weighted by atomic mass is 9.88. The van der Waals surface area contributed by atoms with Gasteiger partial charge in [0.2, 0.25) is 5.91 Å². The highest BCUT2D eigenvalue weighted by molar-refractivity contribution is 7.90. The van der Waals surface area contributed by atoms with Crippen LogP contribution < -0.4 is 0 Å². The Morgan fingerprint density at radius 2 is 2.00 bits per heavy atom. The van der Waals surface area contributed by atoms with Crippen LogP contribution in [0.5, 0.6) is 0 Å². The van der Waals surface area contributed by atoms with Crippen molar-refractivity contribution < 1.29 is 18.3 Å². The highest BCUT2D eigenvalue weighted by atomic mass is 32.2. The standard InChI is InChI=1S/C10H17NO4S/c1-16(14,15)5-4-9(12)11-6-10(13,7-11)8-2-3-8/h8,13H,2-7H2,1H3. The van der Waals surface area contributed by atoms with Gasteiger partial charge < -0.3 is 10.0 Å². The summed E-state index contributed by atoms with van der Waals surface area (Å²) in [7, 11) is -3.08. The Kier molecular flexibility index (Phi) is 2.74. The maximum atomic E-state index is 11.6. The minimum Gasteiger partial charge on any atom is -0.386 e. The van der Waals surface area contributed by atoms with E-state index in [1.165, 1.54) is 0 Å². The van der Waals surface area contributed by atoms with Crippen molar-refractivity contribution in [2.45, 2.75) is 24.9 Å². The molecule has 1 saturated carbocycles. The topological polar surface area (TPSA) is 74.7 Å². The minimum absolute atomic E-state index is 0.0274. The summed E-state index contributed by atoms with van der Waals surface area (Å²) in [4.78, 5) is 13.1. The van der Waals surface area contributed by atoms with E-state index in [0.29, 0.717) is 19.0 Å². The third kappa shape index (κ3) is 2.55. The van der Waals surface area contributed by atoms with Gasteiger partial charge >= 0.3 is 0 Å². The third-order valence-corrected chi connectivity index (χ3v) is 4.25. The van der Waals surface area contributed by atoms with E-state index < -0.39 is 15.4 Å². The van der Waals surface area contributed by atoms with Gasteiger partial charge in [0, 0.05) is 12.7 Å². The van der Waals surface area contributed by atoms with E-state index in [-0.39, 0.29) is 18.1 Å². The number of carbonyl (C=O) groups is 1. The average molecular weight is 247 g/mol. The fraction of sp³-hybridized carbons (Fsp3) is 0.900. The van der Waals surface area contributed by atoms with Crippen LogP contribution in [0.2, 0.25) is 0 Å². The Labute approximate surface area is 95.4 Å². The van der Waals surface area contributed by atoms with Gasteiger partial charge in [0.1, 0.15) is 15.4 Å². The molecular weight excluding hydrogens is 230 g/mol. The molecule has 1 heterocycles. The Bertz CT molecular complexity index is 393. The van der Waals surface area contributed by atoms with Crippen molar-refractivity contribution in [2.75, 3.05) is 25.1 Å². The number of β-amino-alcohol motifs (C(OH)–C–C–N with tert-alkyl or cyclic N) is 1. The van der Waals surface area contributed by atoms with Crippen LogP contribution >= 0.6 is 0 Å². The number of amides is 1. The molecule has 92 valence electrons. The quantitative estimate of drug-likeness (QED) is 0.720. The molecule has 2 fully saturated rings. The van der Waals surface area contributed by atoms with Gasteiger partial charge in [-0.05, 0) is 18.8 Å². The van der Waals surface area contributed by atoms with Crippen LogP contribution in [0.25, 0.3) is 0 Å². The van der Waals surface area contributed by atoms with Crippen LogP contribution in [-0.2, 0) is 14.6 Å². The van der Waals surface area contributed by atoms with Gasteiger partial charge in [-0.15, -0.1) is 0 Å². The highest BCUT2D eigenvalue weighted by Gasteiger charge is 2.53. The van der Waals surface area contributed by atoms with E-state index in [4.69, 9.17) is 0 Å². The fourth-order valence-corrected chi connectivity index (χ4v) is 2.65. The lowest BCUT2D eigenvalue weighted by molar-refractivity contribution is -0.158. The van der Waals surface area contributed by atoms with Crippen LogP contribution in [0, 0.1) is 5.92 Å². The van der Waals surface area contributed by atoms with E-state index in [0.717, 1.165) is 19.1 Å². The lowest BCUT2D eigenvalue weighted by Gasteiger charge is -2.47. The summed E-state index contributed by atoms with van der Waals surface area (Å²) < 4.78 is 21.8. The number of carbonyl (C=O) groups excluding carboxylic acids is 1. The largest absolute Gasteiger partial charge is 0.386 e. The number of aliphatic hydroxyl groups is 1. The van der Waals surface area contributed by atoms with E-state index in [9.17, 15) is 18.3 Å². The number of likely N-dealkylation sites (tertiary alicyclic amines) is 1. The predicted molar refractivity (Wildman–Crippen MR) is 58.6 cm³/mol. The third-order valence-electron chi connectivity index (χ3n) is 3.31. The van der Waals surface area contributed by atoms with Gasteiger partial charge in [-0.2, -0.15) is 0 Å². The zero-order valence-corrected chi connectivity index (χ0v) is 10.2. The first-order chi connectivity index (χ1) is 7.30. The van der Waals surface area contributed by atoms with Crippen LogP contribution in [0.15, 0.2) is 0 Å². The summed E-state index contributed by atoms with van der Waals surface area (Å²) in [6.45, 7) is 0.751. The van der Waals surface area contributed by atoms with Crippen LogP contribution in [0.4, 0.5) is 0 Å². The second-order valence-corrected chi connectivity index (χ2v) is 7.27. The smallest absolute Gasteiger partial charge is 0.223 e. The summed E-state index contributed by atoms with van der Waals surface area (Å²) in [5.41, 5.74) is -0.680. The van der Waals surface area contributed by atoms with Crippen molar-refractivity contribution in [3.63, 3.8) is 0 Å². The molecule has 0 aromatic rings. The number of nitrogens with zero attached hydrogens (tertiary/aromatic N) is 1. The van der Waals surface area contributed by atoms with Gasteiger partial charge in [0.15, 0.2) is 0 Å². The molecule has 2 aliphatic rings. The second kappa shape index (κ2) is 3.70. The normalized spacial score (nSPS) is 24.0. The maximum Gasteiger partial charge on any atom is 0.223 e. The van der Waals surface area contributed by atoms with E-state index in [1.807, 2.05) is 0 Å². The summed E-state index contributed by atoms with van der Waals surface area (Å²) in [6, 6.07) is 0. The predicted octanol–water partition coefficient (Wildman–Crippen LogP) is -0.596. The van der Waals surface area contributed by atoms with Crippen molar-refractivity contribution in [2.24, 2.45) is 5.92 Å². The zero-order valence-electron chi connectivity index (χ0n) is 9.35. The fourth-order valence-electron chi connectivity index (χ4n) is 2.10.